The van der Waals surface area contributed by atoms with Crippen LogP contribution in [0.3, 0.4) is 0 Å². The molecule has 0 amide bonds. The Kier molecular flexibility index (Phi) is 4.14. The number of hydrogen-bond acceptors (Lipinski definition) is 1. The van der Waals surface area contributed by atoms with E-state index in [1.807, 2.05) is 0 Å². The van der Waals surface area contributed by atoms with Crippen molar-refractivity contribution in [1.29, 1.82) is 0 Å². The highest BCUT2D eigenvalue weighted by molar-refractivity contribution is 9.10. The lowest BCUT2D eigenvalue weighted by Crippen LogP contribution is -2.40. The number of halogens is 2. The summed E-state index contributed by atoms with van der Waals surface area (Å²) in [4.78, 5) is 0. The van der Waals surface area contributed by atoms with E-state index in [0.717, 1.165) is 35.7 Å². The molecule has 1 atom stereocenters. The first-order chi connectivity index (χ1) is 10.1. The second-order valence-electron chi connectivity index (χ2n) is 5.91. The van der Waals surface area contributed by atoms with E-state index in [1.54, 1.807) is 12.1 Å². The highest BCUT2D eigenvalue weighted by Gasteiger charge is 2.35. The van der Waals surface area contributed by atoms with Crippen molar-refractivity contribution >= 4 is 15.9 Å². The molecule has 0 aromatic heterocycles. The molecule has 2 aromatic rings. The van der Waals surface area contributed by atoms with Crippen LogP contribution >= 0.6 is 15.9 Å². The topological polar surface area (TPSA) is 26.0 Å². The van der Waals surface area contributed by atoms with E-state index in [2.05, 4.69) is 40.2 Å². The molecule has 3 rings (SSSR count). The molecule has 1 aliphatic carbocycles. The quantitative estimate of drug-likeness (QED) is 0.876. The van der Waals surface area contributed by atoms with Crippen LogP contribution in [0.5, 0.6) is 0 Å². The minimum Gasteiger partial charge on any atom is -0.330 e. The first kappa shape index (κ1) is 14.7. The Morgan fingerprint density at radius 3 is 2.81 bits per heavy atom. The molecule has 2 N–H and O–H groups in total. The zero-order valence-corrected chi connectivity index (χ0v) is 13.5. The van der Waals surface area contributed by atoms with Gasteiger partial charge in [-0.3, -0.25) is 0 Å². The molecule has 110 valence electrons. The minimum atomic E-state index is -0.190. The summed E-state index contributed by atoms with van der Waals surface area (Å²) in [6.07, 6.45) is 4.09. The van der Waals surface area contributed by atoms with Crippen LogP contribution in [0.1, 0.15) is 29.5 Å². The fourth-order valence-electron chi connectivity index (χ4n) is 3.52. The lowest BCUT2D eigenvalue weighted by Gasteiger charge is -2.39. The molecule has 0 bridgehead atoms. The molecular weight excluding hydrogens is 329 g/mol. The fraction of sp³-hybridized carbons (Fsp3) is 0.333. The Morgan fingerprint density at radius 2 is 2.00 bits per heavy atom. The largest absolute Gasteiger partial charge is 0.330 e. The Morgan fingerprint density at radius 1 is 1.19 bits per heavy atom. The minimum absolute atomic E-state index is 0.0782. The number of hydrogen-bond donors (Lipinski definition) is 1. The molecule has 21 heavy (non-hydrogen) atoms. The van der Waals surface area contributed by atoms with Crippen molar-refractivity contribution < 1.29 is 4.39 Å². The van der Waals surface area contributed by atoms with Crippen LogP contribution in [0.4, 0.5) is 4.39 Å². The third kappa shape index (κ3) is 2.77. The summed E-state index contributed by atoms with van der Waals surface area (Å²) >= 11 is 3.54. The van der Waals surface area contributed by atoms with Crippen molar-refractivity contribution in [1.82, 2.24) is 0 Å². The van der Waals surface area contributed by atoms with Gasteiger partial charge in [-0.1, -0.05) is 40.2 Å². The van der Waals surface area contributed by atoms with Gasteiger partial charge in [-0.15, -0.1) is 0 Å². The lowest BCUT2D eigenvalue weighted by atomic mass is 9.67. The fourth-order valence-corrected chi connectivity index (χ4v) is 3.91. The maximum absolute atomic E-state index is 13.6. The summed E-state index contributed by atoms with van der Waals surface area (Å²) in [5.74, 6) is -0.190. The van der Waals surface area contributed by atoms with Crippen molar-refractivity contribution in [2.45, 2.75) is 31.1 Å². The molecule has 0 saturated heterocycles. The molecule has 0 aliphatic heterocycles. The Bertz CT molecular complexity index is 655. The Labute approximate surface area is 133 Å². The number of aryl methyl sites for hydroxylation is 1. The van der Waals surface area contributed by atoms with Crippen molar-refractivity contribution in [2.75, 3.05) is 6.54 Å². The van der Waals surface area contributed by atoms with Crippen LogP contribution in [-0.2, 0) is 18.3 Å². The second kappa shape index (κ2) is 5.90. The van der Waals surface area contributed by atoms with Gasteiger partial charge in [0.05, 0.1) is 0 Å². The highest BCUT2D eigenvalue weighted by Crippen LogP contribution is 2.40. The molecule has 0 fully saturated rings. The highest BCUT2D eigenvalue weighted by atomic mass is 79.9. The predicted molar refractivity (Wildman–Crippen MR) is 87.9 cm³/mol. The van der Waals surface area contributed by atoms with Crippen molar-refractivity contribution in [3.63, 3.8) is 0 Å². The maximum atomic E-state index is 13.6. The molecule has 1 aliphatic rings. The average molecular weight is 348 g/mol. The standard InChI is InChI=1S/C18H19BrFN/c19-17-8-7-15(20)10-14(17)11-18(12-21)9-3-5-13-4-1-2-6-16(13)18/h1-2,4,6-8,10H,3,5,9,11-12,21H2. The van der Waals surface area contributed by atoms with E-state index >= 15 is 0 Å². The van der Waals surface area contributed by atoms with Crippen LogP contribution < -0.4 is 5.73 Å². The summed E-state index contributed by atoms with van der Waals surface area (Å²) in [6.45, 7) is 0.590. The smallest absolute Gasteiger partial charge is 0.123 e. The lowest BCUT2D eigenvalue weighted by molar-refractivity contribution is 0.365. The summed E-state index contributed by atoms with van der Waals surface area (Å²) in [6, 6.07) is 13.4. The summed E-state index contributed by atoms with van der Waals surface area (Å²) in [5, 5.41) is 0. The maximum Gasteiger partial charge on any atom is 0.123 e. The van der Waals surface area contributed by atoms with Gasteiger partial charge in [-0.05, 0) is 60.6 Å². The Hall–Kier alpha value is -1.19. The van der Waals surface area contributed by atoms with Crippen molar-refractivity contribution in [3.8, 4) is 0 Å². The summed E-state index contributed by atoms with van der Waals surface area (Å²) < 4.78 is 14.5. The van der Waals surface area contributed by atoms with E-state index in [4.69, 9.17) is 5.73 Å². The number of nitrogens with two attached hydrogens (primary N) is 1. The van der Waals surface area contributed by atoms with Gasteiger partial charge in [0.15, 0.2) is 0 Å². The normalized spacial score (nSPS) is 21.1. The van der Waals surface area contributed by atoms with Gasteiger partial charge in [-0.25, -0.2) is 4.39 Å². The van der Waals surface area contributed by atoms with Gasteiger partial charge in [-0.2, -0.15) is 0 Å². The van der Waals surface area contributed by atoms with Crippen LogP contribution in [0.25, 0.3) is 0 Å². The van der Waals surface area contributed by atoms with Crippen LogP contribution in [-0.4, -0.2) is 6.54 Å². The zero-order chi connectivity index (χ0) is 14.9. The monoisotopic (exact) mass is 347 g/mol. The first-order valence-corrected chi connectivity index (χ1v) is 8.16. The zero-order valence-electron chi connectivity index (χ0n) is 11.9. The second-order valence-corrected chi connectivity index (χ2v) is 6.76. The number of benzene rings is 2. The molecule has 0 heterocycles. The first-order valence-electron chi connectivity index (χ1n) is 7.37. The molecule has 1 nitrogen and oxygen atoms in total. The van der Waals surface area contributed by atoms with Gasteiger partial charge in [0.25, 0.3) is 0 Å². The number of fused-ring (bicyclic) bond motifs is 1. The van der Waals surface area contributed by atoms with E-state index in [0.29, 0.717) is 6.54 Å². The molecule has 0 radical (unpaired) electrons. The molecule has 3 heteroatoms. The molecule has 0 spiro atoms. The third-order valence-electron chi connectivity index (χ3n) is 4.62. The van der Waals surface area contributed by atoms with Crippen LogP contribution in [0.2, 0.25) is 0 Å². The van der Waals surface area contributed by atoms with E-state index in [-0.39, 0.29) is 11.2 Å². The van der Waals surface area contributed by atoms with Crippen LogP contribution in [0.15, 0.2) is 46.9 Å². The SMILES string of the molecule is NCC1(Cc2cc(F)ccc2Br)CCCc2ccccc21. The van der Waals surface area contributed by atoms with E-state index in [1.165, 1.54) is 17.2 Å². The third-order valence-corrected chi connectivity index (χ3v) is 5.39. The van der Waals surface area contributed by atoms with E-state index in [9.17, 15) is 4.39 Å². The van der Waals surface area contributed by atoms with E-state index < -0.39 is 0 Å². The van der Waals surface area contributed by atoms with Gasteiger partial charge in [0.2, 0.25) is 0 Å². The summed E-state index contributed by atoms with van der Waals surface area (Å²) in [7, 11) is 0. The van der Waals surface area contributed by atoms with Gasteiger partial charge >= 0.3 is 0 Å². The summed E-state index contributed by atoms with van der Waals surface area (Å²) in [5.41, 5.74) is 9.83. The molecule has 0 saturated carbocycles. The van der Waals surface area contributed by atoms with Gasteiger partial charge < -0.3 is 5.73 Å². The molecule has 2 aromatic carbocycles. The molecular formula is C18H19BrFN. The Balaban J connectivity index is 2.04. The van der Waals surface area contributed by atoms with Crippen molar-refractivity contribution in [2.24, 2.45) is 5.73 Å². The number of rotatable bonds is 3. The van der Waals surface area contributed by atoms with Gasteiger partial charge in [0, 0.05) is 16.4 Å². The molecule has 1 unspecified atom stereocenters. The predicted octanol–water partition coefficient (Wildman–Crippen LogP) is 4.36. The van der Waals surface area contributed by atoms with Crippen LogP contribution in [0, 0.1) is 5.82 Å². The van der Waals surface area contributed by atoms with Gasteiger partial charge in [0.1, 0.15) is 5.82 Å². The van der Waals surface area contributed by atoms with Crippen molar-refractivity contribution in [3.05, 3.63) is 69.4 Å². The average Bonchev–Trinajstić information content (AvgIpc) is 2.51.